The van der Waals surface area contributed by atoms with Gasteiger partial charge in [-0.2, -0.15) is 0 Å². The molecule has 5 nitrogen and oxygen atoms in total. The number of benzene rings is 2. The first-order chi connectivity index (χ1) is 13.2. The van der Waals surface area contributed by atoms with Crippen LogP contribution in [0.5, 0.6) is 0 Å². The summed E-state index contributed by atoms with van der Waals surface area (Å²) in [5.74, 6) is 0. The topological polar surface area (TPSA) is 42.0 Å². The fourth-order valence-electron chi connectivity index (χ4n) is 3.27. The minimum absolute atomic E-state index is 0.135. The molecule has 0 aliphatic carbocycles. The number of amides is 1. The Morgan fingerprint density at radius 1 is 0.963 bits per heavy atom. The fraction of sp³-hybridized carbons (Fsp3) is 0.409. The Labute approximate surface area is 161 Å². The molecule has 0 spiro atoms. The Kier molecular flexibility index (Phi) is 7.25. The van der Waals surface area contributed by atoms with Crippen LogP contribution < -0.4 is 0 Å². The van der Waals surface area contributed by atoms with E-state index in [0.29, 0.717) is 26.4 Å². The highest BCUT2D eigenvalue weighted by molar-refractivity contribution is 5.68. The van der Waals surface area contributed by atoms with E-state index in [1.807, 2.05) is 53.4 Å². The molecule has 1 atom stereocenters. The van der Waals surface area contributed by atoms with Gasteiger partial charge in [0.15, 0.2) is 0 Å². The van der Waals surface area contributed by atoms with Crippen LogP contribution in [-0.2, 0) is 22.7 Å². The summed E-state index contributed by atoms with van der Waals surface area (Å²) in [4.78, 5) is 16.5. The van der Waals surface area contributed by atoms with E-state index in [9.17, 15) is 4.79 Å². The molecule has 1 saturated heterocycles. The van der Waals surface area contributed by atoms with E-state index in [2.05, 4.69) is 24.0 Å². The van der Waals surface area contributed by atoms with Crippen LogP contribution in [-0.4, -0.2) is 54.7 Å². The Morgan fingerprint density at radius 3 is 2.22 bits per heavy atom. The van der Waals surface area contributed by atoms with Crippen LogP contribution in [0, 0.1) is 0 Å². The molecule has 0 saturated carbocycles. The molecular weight excluding hydrogens is 340 g/mol. The van der Waals surface area contributed by atoms with Gasteiger partial charge in [0.25, 0.3) is 0 Å². The fourth-order valence-corrected chi connectivity index (χ4v) is 3.27. The zero-order chi connectivity index (χ0) is 18.9. The monoisotopic (exact) mass is 368 g/mol. The van der Waals surface area contributed by atoms with Gasteiger partial charge >= 0.3 is 6.09 Å². The summed E-state index contributed by atoms with van der Waals surface area (Å²) in [6, 6.07) is 20.1. The summed E-state index contributed by atoms with van der Waals surface area (Å²) in [5.41, 5.74) is 2.20. The Morgan fingerprint density at radius 2 is 1.59 bits per heavy atom. The van der Waals surface area contributed by atoms with E-state index in [0.717, 1.165) is 25.2 Å². The summed E-state index contributed by atoms with van der Waals surface area (Å²) in [6.07, 6.45) is -0.230. The van der Waals surface area contributed by atoms with Gasteiger partial charge in [0, 0.05) is 32.2 Å². The van der Waals surface area contributed by atoms with Gasteiger partial charge in [-0.25, -0.2) is 4.79 Å². The highest BCUT2D eigenvalue weighted by Crippen LogP contribution is 2.12. The lowest BCUT2D eigenvalue weighted by Gasteiger charge is -2.39. The summed E-state index contributed by atoms with van der Waals surface area (Å²) < 4.78 is 11.2. The molecule has 3 rings (SSSR count). The Bertz CT molecular complexity index is 693. The van der Waals surface area contributed by atoms with Gasteiger partial charge < -0.3 is 14.4 Å². The Hall–Kier alpha value is -2.37. The van der Waals surface area contributed by atoms with Crippen molar-refractivity contribution in [3.8, 4) is 0 Å². The van der Waals surface area contributed by atoms with Crippen LogP contribution in [0.4, 0.5) is 4.79 Å². The van der Waals surface area contributed by atoms with Crippen molar-refractivity contribution in [2.45, 2.75) is 26.2 Å². The van der Waals surface area contributed by atoms with Crippen molar-refractivity contribution >= 4 is 6.09 Å². The van der Waals surface area contributed by atoms with Crippen molar-refractivity contribution in [3.63, 3.8) is 0 Å². The van der Waals surface area contributed by atoms with Gasteiger partial charge in [0.1, 0.15) is 6.61 Å². The third-order valence-corrected chi connectivity index (χ3v) is 4.81. The molecule has 1 amide bonds. The molecule has 5 heteroatoms. The van der Waals surface area contributed by atoms with Gasteiger partial charge in [-0.15, -0.1) is 0 Å². The summed E-state index contributed by atoms with van der Waals surface area (Å²) in [6.45, 7) is 6.98. The second kappa shape index (κ2) is 10.1. The van der Waals surface area contributed by atoms with Crippen LogP contribution >= 0.6 is 0 Å². The van der Waals surface area contributed by atoms with E-state index in [4.69, 9.17) is 9.47 Å². The largest absolute Gasteiger partial charge is 0.445 e. The third-order valence-electron chi connectivity index (χ3n) is 4.81. The second-order valence-electron chi connectivity index (χ2n) is 6.92. The molecular formula is C22H28N2O3. The molecule has 144 valence electrons. The van der Waals surface area contributed by atoms with Crippen molar-refractivity contribution in [1.82, 2.24) is 9.80 Å². The number of carbonyl (C=O) groups excluding carboxylic acids is 1. The molecule has 0 unspecified atom stereocenters. The zero-order valence-electron chi connectivity index (χ0n) is 15.9. The van der Waals surface area contributed by atoms with Crippen LogP contribution in [0.15, 0.2) is 60.7 Å². The smallest absolute Gasteiger partial charge is 0.410 e. The van der Waals surface area contributed by atoms with Crippen LogP contribution in [0.25, 0.3) is 0 Å². The van der Waals surface area contributed by atoms with Crippen molar-refractivity contribution < 1.29 is 14.3 Å². The van der Waals surface area contributed by atoms with E-state index in [1.54, 1.807) is 0 Å². The highest BCUT2D eigenvalue weighted by Gasteiger charge is 2.28. The first-order valence-electron chi connectivity index (χ1n) is 9.54. The van der Waals surface area contributed by atoms with E-state index in [-0.39, 0.29) is 12.1 Å². The van der Waals surface area contributed by atoms with Gasteiger partial charge in [0.05, 0.1) is 13.2 Å². The second-order valence-corrected chi connectivity index (χ2v) is 6.92. The average molecular weight is 368 g/mol. The SMILES string of the molecule is C[C@H]1CN(CCOCc2ccccc2)CCN1C(=O)OCc1ccccc1. The average Bonchev–Trinajstić information content (AvgIpc) is 2.71. The number of ether oxygens (including phenoxy) is 2. The third kappa shape index (κ3) is 6.08. The number of nitrogens with zero attached hydrogens (tertiary/aromatic N) is 2. The maximum atomic E-state index is 12.4. The minimum atomic E-state index is -0.230. The molecule has 1 heterocycles. The van der Waals surface area contributed by atoms with E-state index >= 15 is 0 Å². The maximum Gasteiger partial charge on any atom is 0.410 e. The molecule has 0 N–H and O–H groups in total. The summed E-state index contributed by atoms with van der Waals surface area (Å²) >= 11 is 0. The molecule has 1 fully saturated rings. The zero-order valence-corrected chi connectivity index (χ0v) is 15.9. The molecule has 1 aliphatic rings. The van der Waals surface area contributed by atoms with Crippen molar-refractivity contribution in [2.75, 3.05) is 32.8 Å². The van der Waals surface area contributed by atoms with Gasteiger partial charge in [-0.1, -0.05) is 60.7 Å². The molecule has 27 heavy (non-hydrogen) atoms. The number of hydrogen-bond acceptors (Lipinski definition) is 4. The highest BCUT2D eigenvalue weighted by atomic mass is 16.6. The standard InChI is InChI=1S/C22H28N2O3/c1-19-16-23(14-15-26-17-20-8-4-2-5-9-20)12-13-24(19)22(25)27-18-21-10-6-3-7-11-21/h2-11,19H,12-18H2,1H3/t19-/m0/s1. The quantitative estimate of drug-likeness (QED) is 0.701. The number of hydrogen-bond donors (Lipinski definition) is 0. The van der Waals surface area contributed by atoms with Gasteiger partial charge in [-0.05, 0) is 18.1 Å². The molecule has 2 aromatic rings. The molecule has 0 radical (unpaired) electrons. The van der Waals surface area contributed by atoms with Crippen molar-refractivity contribution in [1.29, 1.82) is 0 Å². The van der Waals surface area contributed by atoms with Gasteiger partial charge in [0.2, 0.25) is 0 Å². The first kappa shape index (κ1) is 19.4. The molecule has 1 aliphatic heterocycles. The normalized spacial score (nSPS) is 17.7. The van der Waals surface area contributed by atoms with Crippen LogP contribution in [0.3, 0.4) is 0 Å². The lowest BCUT2D eigenvalue weighted by Crippen LogP contribution is -2.54. The van der Waals surface area contributed by atoms with E-state index < -0.39 is 0 Å². The minimum Gasteiger partial charge on any atom is -0.445 e. The predicted octanol–water partition coefficient (Wildman–Crippen LogP) is 3.55. The maximum absolute atomic E-state index is 12.4. The first-order valence-corrected chi connectivity index (χ1v) is 9.54. The lowest BCUT2D eigenvalue weighted by molar-refractivity contribution is 0.0328. The van der Waals surface area contributed by atoms with Crippen LogP contribution in [0.2, 0.25) is 0 Å². The summed E-state index contributed by atoms with van der Waals surface area (Å²) in [5, 5.41) is 0. The molecule has 0 bridgehead atoms. The van der Waals surface area contributed by atoms with Crippen molar-refractivity contribution in [2.24, 2.45) is 0 Å². The van der Waals surface area contributed by atoms with Crippen molar-refractivity contribution in [3.05, 3.63) is 71.8 Å². The van der Waals surface area contributed by atoms with E-state index in [1.165, 1.54) is 5.56 Å². The van der Waals surface area contributed by atoms with Gasteiger partial charge in [-0.3, -0.25) is 4.90 Å². The van der Waals surface area contributed by atoms with Crippen LogP contribution in [0.1, 0.15) is 18.1 Å². The predicted molar refractivity (Wildman–Crippen MR) is 105 cm³/mol. The Balaban J connectivity index is 1.35. The number of piperazine rings is 1. The number of rotatable bonds is 7. The lowest BCUT2D eigenvalue weighted by atomic mass is 10.2. The molecule has 2 aromatic carbocycles. The molecule has 0 aromatic heterocycles. The number of carbonyl (C=O) groups is 1. The summed E-state index contributed by atoms with van der Waals surface area (Å²) in [7, 11) is 0.